The Labute approximate surface area is 114 Å². The predicted molar refractivity (Wildman–Crippen MR) is 77.0 cm³/mol. The van der Waals surface area contributed by atoms with Crippen molar-refractivity contribution in [3.63, 3.8) is 0 Å². The molecule has 0 unspecified atom stereocenters. The van der Waals surface area contributed by atoms with Crippen LogP contribution in [-0.2, 0) is 9.63 Å². The highest BCUT2D eigenvalue weighted by Crippen LogP contribution is 2.37. The van der Waals surface area contributed by atoms with Crippen molar-refractivity contribution in [3.8, 4) is 0 Å². The maximum atomic E-state index is 11.1. The SMILES string of the molecule is CC(C)ON1C=C(C=O)Nc2c(C(C)C)cccc21. The highest BCUT2D eigenvalue weighted by Gasteiger charge is 2.22. The van der Waals surface area contributed by atoms with Crippen molar-refractivity contribution >= 4 is 17.7 Å². The van der Waals surface area contributed by atoms with Gasteiger partial charge in [0.1, 0.15) is 0 Å². The summed E-state index contributed by atoms with van der Waals surface area (Å²) in [5, 5.41) is 4.84. The van der Waals surface area contributed by atoms with E-state index in [0.717, 1.165) is 17.7 Å². The minimum Gasteiger partial charge on any atom is -0.350 e. The molecule has 0 radical (unpaired) electrons. The number of nitrogens with zero attached hydrogens (tertiary/aromatic N) is 1. The lowest BCUT2D eigenvalue weighted by atomic mass is 9.99. The first-order chi connectivity index (χ1) is 9.02. The third kappa shape index (κ3) is 2.79. The lowest BCUT2D eigenvalue weighted by Crippen LogP contribution is -2.28. The van der Waals surface area contributed by atoms with Crippen LogP contribution in [0.25, 0.3) is 0 Å². The van der Waals surface area contributed by atoms with Gasteiger partial charge in [-0.3, -0.25) is 9.63 Å². The summed E-state index contributed by atoms with van der Waals surface area (Å²) in [5.74, 6) is 0.370. The molecule has 102 valence electrons. The van der Waals surface area contributed by atoms with E-state index in [0.29, 0.717) is 11.6 Å². The number of carbonyl (C=O) groups excluding carboxylic acids is 1. The highest BCUT2D eigenvalue weighted by molar-refractivity contribution is 5.88. The van der Waals surface area contributed by atoms with Crippen molar-refractivity contribution in [2.75, 3.05) is 10.4 Å². The molecular weight excluding hydrogens is 240 g/mol. The second-order valence-electron chi connectivity index (χ2n) is 5.20. The van der Waals surface area contributed by atoms with E-state index in [1.54, 1.807) is 11.3 Å². The largest absolute Gasteiger partial charge is 0.350 e. The Morgan fingerprint density at radius 1 is 1.26 bits per heavy atom. The molecule has 0 amide bonds. The number of anilines is 2. The van der Waals surface area contributed by atoms with Gasteiger partial charge >= 0.3 is 0 Å². The van der Waals surface area contributed by atoms with Crippen LogP contribution in [0, 0.1) is 0 Å². The third-order valence-electron chi connectivity index (χ3n) is 2.91. The van der Waals surface area contributed by atoms with Gasteiger partial charge in [0.2, 0.25) is 0 Å². The van der Waals surface area contributed by atoms with Crippen LogP contribution in [0.15, 0.2) is 30.1 Å². The molecule has 1 aromatic rings. The lowest BCUT2D eigenvalue weighted by molar-refractivity contribution is -0.104. The van der Waals surface area contributed by atoms with E-state index in [4.69, 9.17) is 4.84 Å². The van der Waals surface area contributed by atoms with E-state index in [1.165, 1.54) is 5.56 Å². The monoisotopic (exact) mass is 260 g/mol. The van der Waals surface area contributed by atoms with Crippen LogP contribution in [0.5, 0.6) is 0 Å². The number of rotatable bonds is 4. The van der Waals surface area contributed by atoms with Gasteiger partial charge in [0.15, 0.2) is 6.29 Å². The number of benzene rings is 1. The number of hydrogen-bond acceptors (Lipinski definition) is 4. The summed E-state index contributed by atoms with van der Waals surface area (Å²) in [5.41, 5.74) is 3.55. The molecule has 1 N–H and O–H groups in total. The summed E-state index contributed by atoms with van der Waals surface area (Å²) in [7, 11) is 0. The van der Waals surface area contributed by atoms with Crippen molar-refractivity contribution in [1.29, 1.82) is 0 Å². The van der Waals surface area contributed by atoms with Gasteiger partial charge in [-0.15, -0.1) is 0 Å². The molecule has 1 aliphatic rings. The van der Waals surface area contributed by atoms with Crippen molar-refractivity contribution in [2.45, 2.75) is 39.7 Å². The molecule has 0 spiro atoms. The smallest absolute Gasteiger partial charge is 0.167 e. The molecule has 2 rings (SSSR count). The Kier molecular flexibility index (Phi) is 3.90. The average Bonchev–Trinajstić information content (AvgIpc) is 2.36. The predicted octanol–water partition coefficient (Wildman–Crippen LogP) is 3.42. The van der Waals surface area contributed by atoms with E-state index in [9.17, 15) is 4.79 Å². The molecule has 0 bridgehead atoms. The van der Waals surface area contributed by atoms with Gasteiger partial charge in [-0.05, 0) is 31.4 Å². The maximum absolute atomic E-state index is 11.1. The molecule has 0 aromatic heterocycles. The number of para-hydroxylation sites is 1. The first-order valence-electron chi connectivity index (χ1n) is 6.56. The fraction of sp³-hybridized carbons (Fsp3) is 0.400. The van der Waals surface area contributed by atoms with Crippen molar-refractivity contribution in [1.82, 2.24) is 0 Å². The van der Waals surface area contributed by atoms with E-state index in [2.05, 4.69) is 25.2 Å². The average molecular weight is 260 g/mol. The van der Waals surface area contributed by atoms with E-state index in [-0.39, 0.29) is 6.10 Å². The Balaban J connectivity index is 2.48. The number of nitrogens with one attached hydrogen (secondary N) is 1. The van der Waals surface area contributed by atoms with Gasteiger partial charge in [0.25, 0.3) is 0 Å². The summed E-state index contributed by atoms with van der Waals surface area (Å²) >= 11 is 0. The standard InChI is InChI=1S/C15H20N2O2/c1-10(2)13-6-5-7-14-15(13)16-12(9-18)8-17(14)19-11(3)4/h5-11,16H,1-4H3. The molecule has 19 heavy (non-hydrogen) atoms. The first kappa shape index (κ1) is 13.6. The van der Waals surface area contributed by atoms with Crippen molar-refractivity contribution in [2.24, 2.45) is 0 Å². The summed E-state index contributed by atoms with van der Waals surface area (Å²) in [6.07, 6.45) is 2.52. The topological polar surface area (TPSA) is 41.6 Å². The van der Waals surface area contributed by atoms with E-state index >= 15 is 0 Å². The van der Waals surface area contributed by atoms with Crippen LogP contribution in [0.1, 0.15) is 39.2 Å². The van der Waals surface area contributed by atoms with E-state index in [1.807, 2.05) is 26.0 Å². The van der Waals surface area contributed by atoms with Gasteiger partial charge in [0, 0.05) is 0 Å². The zero-order valence-corrected chi connectivity index (χ0v) is 11.8. The first-order valence-corrected chi connectivity index (χ1v) is 6.56. The fourth-order valence-electron chi connectivity index (χ4n) is 2.11. The molecule has 0 aliphatic carbocycles. The molecule has 0 atom stereocenters. The van der Waals surface area contributed by atoms with Gasteiger partial charge in [-0.1, -0.05) is 26.0 Å². The fourth-order valence-corrected chi connectivity index (χ4v) is 2.11. The zero-order chi connectivity index (χ0) is 14.0. The molecule has 0 saturated carbocycles. The van der Waals surface area contributed by atoms with Gasteiger partial charge in [-0.25, -0.2) is 5.06 Å². The molecular formula is C15H20N2O2. The maximum Gasteiger partial charge on any atom is 0.167 e. The number of aldehydes is 1. The minimum atomic E-state index is 0.0396. The molecule has 4 heteroatoms. The molecule has 1 aliphatic heterocycles. The third-order valence-corrected chi connectivity index (χ3v) is 2.91. The molecule has 1 aromatic carbocycles. The van der Waals surface area contributed by atoms with Gasteiger partial charge < -0.3 is 5.32 Å². The molecule has 0 saturated heterocycles. The lowest BCUT2D eigenvalue weighted by Gasteiger charge is -2.31. The summed E-state index contributed by atoms with van der Waals surface area (Å²) < 4.78 is 0. The van der Waals surface area contributed by atoms with Crippen LogP contribution in [0.4, 0.5) is 11.4 Å². The quantitative estimate of drug-likeness (QED) is 0.842. The molecule has 4 nitrogen and oxygen atoms in total. The Hall–Kier alpha value is -1.81. The van der Waals surface area contributed by atoms with Crippen molar-refractivity contribution < 1.29 is 9.63 Å². The summed E-state index contributed by atoms with van der Waals surface area (Å²) in [4.78, 5) is 16.8. The van der Waals surface area contributed by atoms with Crippen LogP contribution in [0.2, 0.25) is 0 Å². The Morgan fingerprint density at radius 2 is 2.00 bits per heavy atom. The molecule has 1 heterocycles. The summed E-state index contributed by atoms with van der Waals surface area (Å²) in [6.45, 7) is 8.18. The Bertz CT molecular complexity index is 507. The molecule has 0 fully saturated rings. The number of fused-ring (bicyclic) bond motifs is 1. The number of allylic oxidation sites excluding steroid dienone is 1. The summed E-state index contributed by atoms with van der Waals surface area (Å²) in [6, 6.07) is 6.05. The second kappa shape index (κ2) is 5.45. The highest BCUT2D eigenvalue weighted by atomic mass is 16.7. The van der Waals surface area contributed by atoms with Crippen LogP contribution in [-0.4, -0.2) is 12.4 Å². The van der Waals surface area contributed by atoms with Crippen LogP contribution >= 0.6 is 0 Å². The number of hydrogen-bond donors (Lipinski definition) is 1. The number of hydroxylamine groups is 1. The normalized spacial score (nSPS) is 14.2. The van der Waals surface area contributed by atoms with Crippen LogP contribution < -0.4 is 10.4 Å². The second-order valence-corrected chi connectivity index (χ2v) is 5.20. The van der Waals surface area contributed by atoms with Gasteiger partial charge in [-0.2, -0.15) is 0 Å². The van der Waals surface area contributed by atoms with Crippen LogP contribution in [0.3, 0.4) is 0 Å². The van der Waals surface area contributed by atoms with Crippen molar-refractivity contribution in [3.05, 3.63) is 35.7 Å². The minimum absolute atomic E-state index is 0.0396. The van der Waals surface area contributed by atoms with E-state index < -0.39 is 0 Å². The zero-order valence-electron chi connectivity index (χ0n) is 11.8. The van der Waals surface area contributed by atoms with Gasteiger partial charge in [0.05, 0.1) is 29.4 Å². The Morgan fingerprint density at radius 3 is 2.58 bits per heavy atom. The number of carbonyl (C=O) groups is 1.